The molecule has 4 heteroatoms. The average Bonchev–Trinajstić information content (AvgIpc) is 2.31. The minimum Gasteiger partial charge on any atom is -0.507 e. The van der Waals surface area contributed by atoms with Gasteiger partial charge in [-0.2, -0.15) is 0 Å². The fraction of sp³-hybridized carbons (Fsp3) is 0.229. The quantitative estimate of drug-likeness (QED) is 0.165. The van der Waals surface area contributed by atoms with Crippen LogP contribution in [-0.2, 0) is 21.7 Å². The number of rotatable bonds is 8. The predicted molar refractivity (Wildman–Crippen MR) is 313 cm³/mol. The van der Waals surface area contributed by atoms with Gasteiger partial charge in [-0.3, -0.25) is 9.55 Å². The molecule has 8 aromatic carbocycles. The molecule has 4 nitrogen and oxygen atoms in total. The van der Waals surface area contributed by atoms with Crippen molar-refractivity contribution in [1.29, 1.82) is 0 Å². The SMILES string of the molecule is [2H]c1c([2H])c([2H])c(-c2c([2H])c([2H])c(-c3ccnc(-c4cc(-c5cccc6c5nc(-c5cc(C(C)(C)C)cc(C(C)(C)C)c5O)n6-c5ccc(-c6ccc(C(C)(C)C)cc6)cc5-c5ccccc5)cc(C(C)(C)C)c4)c3)c([2H])c2[2H])c([2H])c1[2H]. The number of nitrogens with zero attached hydrogens (tertiary/aromatic N) is 3. The van der Waals surface area contributed by atoms with E-state index in [-0.39, 0.29) is 33.1 Å². The van der Waals surface area contributed by atoms with Crippen LogP contribution in [0.15, 0.2) is 194 Å². The van der Waals surface area contributed by atoms with E-state index in [2.05, 4.69) is 197 Å². The van der Waals surface area contributed by atoms with Gasteiger partial charge in [0.15, 0.2) is 0 Å². The number of fused-ring (bicyclic) bond motifs is 1. The number of para-hydroxylation sites is 1. The lowest BCUT2D eigenvalue weighted by atomic mass is 9.79. The monoisotopic (exact) mass is 977 g/mol. The summed E-state index contributed by atoms with van der Waals surface area (Å²) >= 11 is 0. The summed E-state index contributed by atoms with van der Waals surface area (Å²) < 4.78 is 80.8. The van der Waals surface area contributed by atoms with Crippen LogP contribution in [-0.4, -0.2) is 19.6 Å². The van der Waals surface area contributed by atoms with Gasteiger partial charge in [0.05, 0.1) is 40.3 Å². The maximum atomic E-state index is 12.7. The van der Waals surface area contributed by atoms with E-state index in [4.69, 9.17) is 19.6 Å². The molecule has 1 N–H and O–H groups in total. The molecule has 0 spiro atoms. The molecular formula is C70H69N3O. The number of imidazole rings is 1. The number of hydrogen-bond acceptors (Lipinski definition) is 3. The van der Waals surface area contributed by atoms with Crippen LogP contribution in [0.2, 0.25) is 0 Å². The van der Waals surface area contributed by atoms with Gasteiger partial charge >= 0.3 is 0 Å². The lowest BCUT2D eigenvalue weighted by Gasteiger charge is -2.27. The van der Waals surface area contributed by atoms with Crippen molar-refractivity contribution in [3.8, 4) is 89.7 Å². The summed E-state index contributed by atoms with van der Waals surface area (Å²) in [5.41, 5.74) is 12.6. The van der Waals surface area contributed by atoms with E-state index < -0.39 is 65.4 Å². The molecule has 0 aliphatic heterocycles. The van der Waals surface area contributed by atoms with Gasteiger partial charge in [-0.25, -0.2) is 4.98 Å². The first-order valence-electron chi connectivity index (χ1n) is 29.9. The van der Waals surface area contributed by atoms with Gasteiger partial charge in [0.2, 0.25) is 0 Å². The van der Waals surface area contributed by atoms with Crippen molar-refractivity contribution in [3.05, 3.63) is 216 Å². The van der Waals surface area contributed by atoms with Gasteiger partial charge in [-0.05, 0) is 131 Å². The molecule has 2 aromatic heterocycles. The Labute approximate surface area is 452 Å². The van der Waals surface area contributed by atoms with Crippen molar-refractivity contribution in [2.75, 3.05) is 0 Å². The molecule has 2 heterocycles. The molecular weight excluding hydrogens is 899 g/mol. The molecule has 10 rings (SSSR count). The molecule has 0 unspecified atom stereocenters. The van der Waals surface area contributed by atoms with Gasteiger partial charge < -0.3 is 5.11 Å². The van der Waals surface area contributed by atoms with Crippen molar-refractivity contribution >= 4 is 11.0 Å². The van der Waals surface area contributed by atoms with Crippen LogP contribution in [0.25, 0.3) is 95.0 Å². The Morgan fingerprint density at radius 3 is 1.66 bits per heavy atom. The summed E-state index contributed by atoms with van der Waals surface area (Å²) in [6.07, 6.45) is 1.57. The van der Waals surface area contributed by atoms with Crippen LogP contribution < -0.4 is 0 Å². The molecule has 0 aliphatic carbocycles. The number of pyridine rings is 1. The van der Waals surface area contributed by atoms with Crippen LogP contribution in [0, 0.1) is 0 Å². The van der Waals surface area contributed by atoms with E-state index in [0.29, 0.717) is 28.2 Å². The zero-order valence-corrected chi connectivity index (χ0v) is 44.6. The molecule has 0 radical (unpaired) electrons. The standard InChI is InChI=1S/C70H69N3O/c1-67(2,3)54-33-30-48(31-34-54)50-32-35-62(58(41-50)49-22-17-14-18-23-49)73-63-25-19-24-57(64(63)72-66(73)59-43-56(69(7,8)9)44-60(65(59)74)70(10,11)12)52-38-53(40-55(39-52)68(4,5)6)61-42-51(36-37-71-61)47-28-26-46(27-29-47)45-20-15-13-16-21-45/h13-44,74H,1-12H3/i13D,15D,16D,20D,21D,26D,27D,28D,29D. The lowest BCUT2D eigenvalue weighted by molar-refractivity contribution is 0.446. The van der Waals surface area contributed by atoms with E-state index in [1.165, 1.54) is 5.56 Å². The number of benzene rings is 8. The van der Waals surface area contributed by atoms with Crippen molar-refractivity contribution < 1.29 is 17.4 Å². The number of aromatic hydroxyl groups is 1. The van der Waals surface area contributed by atoms with E-state index in [9.17, 15) is 7.85 Å². The number of phenols is 1. The summed E-state index contributed by atoms with van der Waals surface area (Å²) in [6, 6.07) is 40.8. The Morgan fingerprint density at radius 2 is 1.01 bits per heavy atom. The topological polar surface area (TPSA) is 50.9 Å². The average molecular weight is 977 g/mol. The van der Waals surface area contributed by atoms with Crippen molar-refractivity contribution in [2.24, 2.45) is 0 Å². The number of hydrogen-bond donors (Lipinski definition) is 1. The summed E-state index contributed by atoms with van der Waals surface area (Å²) in [6.45, 7) is 26.0. The third-order valence-electron chi connectivity index (χ3n) is 13.9. The third-order valence-corrected chi connectivity index (χ3v) is 13.9. The van der Waals surface area contributed by atoms with E-state index >= 15 is 0 Å². The molecule has 0 aliphatic rings. The second-order valence-electron chi connectivity index (χ2n) is 23.5. The molecule has 0 saturated carbocycles. The molecule has 0 saturated heterocycles. The largest absolute Gasteiger partial charge is 0.507 e. The highest BCUT2D eigenvalue weighted by atomic mass is 16.3. The lowest BCUT2D eigenvalue weighted by Crippen LogP contribution is -2.17. The van der Waals surface area contributed by atoms with Gasteiger partial charge in [-0.1, -0.05) is 222 Å². The van der Waals surface area contributed by atoms with Crippen LogP contribution in [0.4, 0.5) is 0 Å². The first kappa shape index (κ1) is 39.7. The normalized spacial score (nSPS) is 14.1. The molecule has 74 heavy (non-hydrogen) atoms. The molecule has 0 fully saturated rings. The molecule has 0 atom stereocenters. The summed E-state index contributed by atoms with van der Waals surface area (Å²) in [5.74, 6) is 0.731. The van der Waals surface area contributed by atoms with Crippen LogP contribution in [0.5, 0.6) is 5.75 Å². The first-order valence-corrected chi connectivity index (χ1v) is 25.4. The smallest absolute Gasteiger partial charge is 0.149 e. The first-order chi connectivity index (χ1) is 38.9. The highest BCUT2D eigenvalue weighted by Crippen LogP contribution is 2.46. The highest BCUT2D eigenvalue weighted by Gasteiger charge is 2.30. The van der Waals surface area contributed by atoms with Crippen LogP contribution in [0.1, 0.15) is 118 Å². The fourth-order valence-corrected chi connectivity index (χ4v) is 9.55. The third kappa shape index (κ3) is 9.86. The van der Waals surface area contributed by atoms with Crippen molar-refractivity contribution in [2.45, 2.75) is 105 Å². The Morgan fingerprint density at radius 1 is 0.419 bits per heavy atom. The summed E-state index contributed by atoms with van der Waals surface area (Å²) in [5, 5.41) is 12.7. The highest BCUT2D eigenvalue weighted by molar-refractivity contribution is 5.98. The second kappa shape index (κ2) is 18.9. The maximum absolute atomic E-state index is 12.7. The summed E-state index contributed by atoms with van der Waals surface area (Å²) in [7, 11) is 0. The Bertz CT molecular complexity index is 4170. The van der Waals surface area contributed by atoms with E-state index in [1.54, 1.807) is 18.3 Å². The zero-order valence-electron chi connectivity index (χ0n) is 53.6. The van der Waals surface area contributed by atoms with Gasteiger partial charge in [0, 0.05) is 28.5 Å². The Kier molecular flexibility index (Phi) is 10.1. The van der Waals surface area contributed by atoms with Crippen LogP contribution in [0.3, 0.4) is 0 Å². The number of phenolic OH excluding ortho intramolecular Hbond substituents is 1. The predicted octanol–water partition coefficient (Wildman–Crippen LogP) is 19.0. The zero-order chi connectivity index (χ0) is 60.2. The second-order valence-corrected chi connectivity index (χ2v) is 23.5. The minimum absolute atomic E-state index is 0.00262. The van der Waals surface area contributed by atoms with Gasteiger partial charge in [-0.15, -0.1) is 0 Å². The van der Waals surface area contributed by atoms with Crippen LogP contribution >= 0.6 is 0 Å². The minimum atomic E-state index is -0.636. The molecule has 0 bridgehead atoms. The van der Waals surface area contributed by atoms with Gasteiger partial charge in [0.1, 0.15) is 11.6 Å². The maximum Gasteiger partial charge on any atom is 0.149 e. The molecule has 0 amide bonds. The van der Waals surface area contributed by atoms with E-state index in [0.717, 1.165) is 66.8 Å². The fourth-order valence-electron chi connectivity index (χ4n) is 9.55. The van der Waals surface area contributed by atoms with E-state index in [1.807, 2.05) is 12.1 Å². The van der Waals surface area contributed by atoms with Crippen molar-refractivity contribution in [3.63, 3.8) is 0 Å². The molecule has 10 aromatic rings. The Balaban J connectivity index is 1.22. The number of aromatic nitrogens is 3. The molecule has 370 valence electrons. The van der Waals surface area contributed by atoms with Gasteiger partial charge in [0.25, 0.3) is 0 Å². The van der Waals surface area contributed by atoms with Crippen molar-refractivity contribution in [1.82, 2.24) is 14.5 Å². The Hall–Kier alpha value is -7.82. The summed E-state index contributed by atoms with van der Waals surface area (Å²) in [4.78, 5) is 10.5.